The van der Waals surface area contributed by atoms with Crippen LogP contribution in [-0.2, 0) is 0 Å². The van der Waals surface area contributed by atoms with E-state index >= 15 is 0 Å². The fourth-order valence-corrected chi connectivity index (χ4v) is 1.87. The highest BCUT2D eigenvalue weighted by Crippen LogP contribution is 2.18. The Morgan fingerprint density at radius 2 is 2.06 bits per heavy atom. The molecule has 1 aliphatic rings. The summed E-state index contributed by atoms with van der Waals surface area (Å²) in [5.41, 5.74) is 2.03. The first-order valence-electron chi connectivity index (χ1n) is 5.82. The molecular weight excluding hydrogens is 212 g/mol. The van der Waals surface area contributed by atoms with Crippen LogP contribution >= 0.6 is 0 Å². The molecule has 0 heterocycles. The molecule has 0 N–H and O–H groups in total. The van der Waals surface area contributed by atoms with Gasteiger partial charge in [-0.05, 0) is 37.1 Å². The van der Waals surface area contributed by atoms with Crippen molar-refractivity contribution in [2.75, 3.05) is 7.11 Å². The molecule has 2 nitrogen and oxygen atoms in total. The van der Waals surface area contributed by atoms with Crippen LogP contribution < -0.4 is 4.74 Å². The average molecular weight is 228 g/mol. The molecule has 0 aliphatic heterocycles. The summed E-state index contributed by atoms with van der Waals surface area (Å²) in [6.45, 7) is 0. The lowest BCUT2D eigenvalue weighted by molar-refractivity contribution is 0.0983. The third-order valence-corrected chi connectivity index (χ3v) is 2.90. The zero-order valence-corrected chi connectivity index (χ0v) is 9.98. The molecule has 0 bridgehead atoms. The Bertz CT molecular complexity index is 452. The van der Waals surface area contributed by atoms with E-state index < -0.39 is 0 Å². The molecule has 0 amide bonds. The van der Waals surface area contributed by atoms with Crippen molar-refractivity contribution in [1.29, 1.82) is 0 Å². The van der Waals surface area contributed by atoms with Gasteiger partial charge < -0.3 is 4.74 Å². The van der Waals surface area contributed by atoms with Crippen LogP contribution in [0.3, 0.4) is 0 Å². The predicted molar refractivity (Wildman–Crippen MR) is 68.4 cm³/mol. The van der Waals surface area contributed by atoms with Crippen molar-refractivity contribution in [2.24, 2.45) is 0 Å². The number of carbonyl (C=O) groups excluding carboxylic acids is 1. The minimum atomic E-state index is 0.189. The summed E-state index contributed by atoms with van der Waals surface area (Å²) in [5.74, 6) is 0.969. The third kappa shape index (κ3) is 3.06. The molecule has 17 heavy (non-hydrogen) atoms. The van der Waals surface area contributed by atoms with E-state index in [9.17, 15) is 4.79 Å². The zero-order valence-electron chi connectivity index (χ0n) is 9.98. The van der Waals surface area contributed by atoms with Crippen LogP contribution in [0.25, 0.3) is 0 Å². The van der Waals surface area contributed by atoms with Gasteiger partial charge in [-0.15, -0.1) is 0 Å². The summed E-state index contributed by atoms with van der Waals surface area (Å²) in [5, 5.41) is 0. The Labute approximate surface area is 102 Å². The van der Waals surface area contributed by atoms with Crippen LogP contribution in [0.4, 0.5) is 0 Å². The Morgan fingerprint density at radius 3 is 2.65 bits per heavy atom. The predicted octanol–water partition coefficient (Wildman–Crippen LogP) is 3.54. The first-order valence-corrected chi connectivity index (χ1v) is 5.82. The average Bonchev–Trinajstić information content (AvgIpc) is 2.89. The highest BCUT2D eigenvalue weighted by molar-refractivity contribution is 5.96. The highest BCUT2D eigenvalue weighted by atomic mass is 16.5. The fraction of sp³-hybridized carbons (Fsp3) is 0.267. The Hall–Kier alpha value is -1.83. The van der Waals surface area contributed by atoms with Gasteiger partial charge in [0, 0.05) is 12.0 Å². The molecule has 0 atom stereocenters. The van der Waals surface area contributed by atoms with E-state index in [0.717, 1.165) is 24.2 Å². The Balaban J connectivity index is 1.92. The lowest BCUT2D eigenvalue weighted by atomic mass is 10.0. The zero-order chi connectivity index (χ0) is 12.1. The minimum Gasteiger partial charge on any atom is -0.497 e. The number of rotatable bonds is 5. The number of carbonyl (C=O) groups is 1. The number of hydrogen-bond acceptors (Lipinski definition) is 2. The smallest absolute Gasteiger partial charge is 0.163 e. The van der Waals surface area contributed by atoms with Crippen molar-refractivity contribution in [3.63, 3.8) is 0 Å². The van der Waals surface area contributed by atoms with E-state index in [1.807, 2.05) is 24.3 Å². The van der Waals surface area contributed by atoms with Gasteiger partial charge in [0.05, 0.1) is 7.11 Å². The summed E-state index contributed by atoms with van der Waals surface area (Å²) in [4.78, 5) is 11.9. The van der Waals surface area contributed by atoms with E-state index in [0.29, 0.717) is 6.42 Å². The molecule has 0 aromatic heterocycles. The second-order valence-corrected chi connectivity index (χ2v) is 4.07. The molecule has 2 heteroatoms. The maximum atomic E-state index is 11.9. The third-order valence-electron chi connectivity index (χ3n) is 2.90. The van der Waals surface area contributed by atoms with Gasteiger partial charge in [0.2, 0.25) is 0 Å². The summed E-state index contributed by atoms with van der Waals surface area (Å²) in [6, 6.07) is 7.28. The molecule has 1 aromatic carbocycles. The maximum Gasteiger partial charge on any atom is 0.163 e. The minimum absolute atomic E-state index is 0.189. The molecule has 1 aliphatic carbocycles. The number of hydrogen-bond donors (Lipinski definition) is 0. The highest BCUT2D eigenvalue weighted by Gasteiger charge is 2.07. The molecule has 0 saturated carbocycles. The van der Waals surface area contributed by atoms with Crippen LogP contribution in [0, 0.1) is 0 Å². The van der Waals surface area contributed by atoms with E-state index in [4.69, 9.17) is 4.74 Å². The molecule has 0 fully saturated rings. The molecule has 0 radical (unpaired) electrons. The number of ketones is 1. The number of benzene rings is 1. The van der Waals surface area contributed by atoms with Gasteiger partial charge in [-0.25, -0.2) is 0 Å². The maximum absolute atomic E-state index is 11.9. The molecule has 0 saturated heterocycles. The quantitative estimate of drug-likeness (QED) is 0.720. The summed E-state index contributed by atoms with van der Waals surface area (Å²) in [6.07, 6.45) is 8.80. The number of Topliss-reactive ketones (excluding diaryl/α,β-unsaturated/α-hetero) is 1. The van der Waals surface area contributed by atoms with Crippen LogP contribution in [0.15, 0.2) is 48.1 Å². The SMILES string of the molecule is COc1ccc(C(=O)CCC2=CCC=C2)cc1. The Morgan fingerprint density at radius 1 is 1.29 bits per heavy atom. The first-order chi connectivity index (χ1) is 8.29. The van der Waals surface area contributed by atoms with Gasteiger partial charge in [-0.3, -0.25) is 4.79 Å². The van der Waals surface area contributed by atoms with Gasteiger partial charge in [0.15, 0.2) is 5.78 Å². The van der Waals surface area contributed by atoms with Crippen LogP contribution in [0.5, 0.6) is 5.75 Å². The van der Waals surface area contributed by atoms with E-state index in [2.05, 4.69) is 18.2 Å². The lowest BCUT2D eigenvalue weighted by Crippen LogP contribution is -1.99. The van der Waals surface area contributed by atoms with Crippen molar-refractivity contribution in [3.05, 3.63) is 53.6 Å². The topological polar surface area (TPSA) is 26.3 Å². The number of allylic oxidation sites excluding steroid dienone is 4. The van der Waals surface area contributed by atoms with E-state index in [1.54, 1.807) is 7.11 Å². The largest absolute Gasteiger partial charge is 0.497 e. The van der Waals surface area contributed by atoms with E-state index in [1.165, 1.54) is 5.57 Å². The summed E-state index contributed by atoms with van der Waals surface area (Å²) >= 11 is 0. The van der Waals surface area contributed by atoms with Gasteiger partial charge >= 0.3 is 0 Å². The van der Waals surface area contributed by atoms with Crippen LogP contribution in [0.2, 0.25) is 0 Å². The standard InChI is InChI=1S/C15H16O2/c1-17-14-9-7-13(8-10-14)15(16)11-6-12-4-2-3-5-12/h2,4-5,7-10H,3,6,11H2,1H3. The van der Waals surface area contributed by atoms with Crippen molar-refractivity contribution in [2.45, 2.75) is 19.3 Å². The summed E-state index contributed by atoms with van der Waals surface area (Å²) < 4.78 is 5.06. The normalized spacial score (nSPS) is 13.6. The lowest BCUT2D eigenvalue weighted by Gasteiger charge is -2.03. The molecule has 0 unspecified atom stereocenters. The van der Waals surface area contributed by atoms with Crippen molar-refractivity contribution in [1.82, 2.24) is 0 Å². The summed E-state index contributed by atoms with van der Waals surface area (Å²) in [7, 11) is 1.62. The van der Waals surface area contributed by atoms with Gasteiger partial charge in [-0.1, -0.05) is 23.8 Å². The van der Waals surface area contributed by atoms with Gasteiger partial charge in [0.1, 0.15) is 5.75 Å². The first kappa shape index (κ1) is 11.6. The molecule has 2 rings (SSSR count). The van der Waals surface area contributed by atoms with Crippen molar-refractivity contribution >= 4 is 5.78 Å². The van der Waals surface area contributed by atoms with Crippen LogP contribution in [-0.4, -0.2) is 12.9 Å². The molecule has 0 spiro atoms. The number of methoxy groups -OCH3 is 1. The second kappa shape index (κ2) is 5.48. The van der Waals surface area contributed by atoms with Gasteiger partial charge in [-0.2, -0.15) is 0 Å². The van der Waals surface area contributed by atoms with Crippen molar-refractivity contribution < 1.29 is 9.53 Å². The van der Waals surface area contributed by atoms with Gasteiger partial charge in [0.25, 0.3) is 0 Å². The Kier molecular flexibility index (Phi) is 3.76. The second-order valence-electron chi connectivity index (χ2n) is 4.07. The molecule has 88 valence electrons. The number of ether oxygens (including phenoxy) is 1. The van der Waals surface area contributed by atoms with Crippen molar-refractivity contribution in [3.8, 4) is 5.75 Å². The fourth-order valence-electron chi connectivity index (χ4n) is 1.87. The van der Waals surface area contributed by atoms with E-state index in [-0.39, 0.29) is 5.78 Å². The van der Waals surface area contributed by atoms with Crippen LogP contribution in [0.1, 0.15) is 29.6 Å². The monoisotopic (exact) mass is 228 g/mol. The molecular formula is C15H16O2. The molecule has 1 aromatic rings.